The van der Waals surface area contributed by atoms with E-state index >= 15 is 0 Å². The van der Waals surface area contributed by atoms with Crippen molar-refractivity contribution in [2.24, 2.45) is 0 Å². The normalized spacial score (nSPS) is 11.5. The molecule has 0 fully saturated rings. The first-order chi connectivity index (χ1) is 9.22. The highest BCUT2D eigenvalue weighted by molar-refractivity contribution is 8.08. The van der Waals surface area contributed by atoms with Crippen LogP contribution in [0, 0.1) is 11.8 Å². The van der Waals surface area contributed by atoms with Gasteiger partial charge in [0.25, 0.3) is 0 Å². The molecule has 0 aliphatic rings. The molecule has 8 heteroatoms. The van der Waals surface area contributed by atoms with E-state index in [0.29, 0.717) is 12.0 Å². The van der Waals surface area contributed by atoms with Crippen molar-refractivity contribution in [3.05, 3.63) is 29.8 Å². The maximum absolute atomic E-state index is 11.6. The van der Waals surface area contributed by atoms with Gasteiger partial charge in [-0.2, -0.15) is 0 Å². The van der Waals surface area contributed by atoms with Crippen LogP contribution < -0.4 is 4.72 Å². The summed E-state index contributed by atoms with van der Waals surface area (Å²) >= 11 is 0. The lowest BCUT2D eigenvalue weighted by Gasteiger charge is -2.06. The van der Waals surface area contributed by atoms with E-state index in [4.69, 9.17) is 5.11 Å². The van der Waals surface area contributed by atoms with Gasteiger partial charge in [0.1, 0.15) is 0 Å². The van der Waals surface area contributed by atoms with E-state index in [9.17, 15) is 16.8 Å². The maximum Gasteiger partial charge on any atom is 0.247 e. The molecule has 0 aliphatic heterocycles. The molecule has 20 heavy (non-hydrogen) atoms. The molecule has 0 saturated heterocycles. The average Bonchev–Trinajstić information content (AvgIpc) is 2.28. The van der Waals surface area contributed by atoms with Crippen molar-refractivity contribution in [3.63, 3.8) is 0 Å². The van der Waals surface area contributed by atoms with E-state index in [1.165, 1.54) is 12.1 Å². The molecule has 0 saturated carbocycles. The minimum Gasteiger partial charge on any atom is -0.395 e. The number of hydrogen-bond acceptors (Lipinski definition) is 5. The number of sulfone groups is 1. The molecule has 1 rings (SSSR count). The van der Waals surface area contributed by atoms with Gasteiger partial charge in [0.05, 0.1) is 6.61 Å². The first kappa shape index (κ1) is 16.5. The molecule has 0 atom stereocenters. The van der Waals surface area contributed by atoms with Crippen molar-refractivity contribution in [3.8, 4) is 11.8 Å². The fourth-order valence-corrected chi connectivity index (χ4v) is 4.32. The highest BCUT2D eigenvalue weighted by Gasteiger charge is 2.17. The van der Waals surface area contributed by atoms with Gasteiger partial charge in [-0.3, -0.25) is 4.72 Å². The zero-order valence-electron chi connectivity index (χ0n) is 10.8. The molecule has 110 valence electrons. The van der Waals surface area contributed by atoms with Crippen LogP contribution in [0.1, 0.15) is 12.0 Å². The molecule has 0 bridgehead atoms. The van der Waals surface area contributed by atoms with Gasteiger partial charge in [0.15, 0.2) is 14.9 Å². The van der Waals surface area contributed by atoms with Crippen LogP contribution in [0.25, 0.3) is 0 Å². The molecule has 1 aromatic rings. The number of rotatable bonds is 5. The quantitative estimate of drug-likeness (QED) is 0.754. The van der Waals surface area contributed by atoms with Crippen LogP contribution in [-0.4, -0.2) is 39.9 Å². The number of anilines is 1. The first-order valence-electron chi connectivity index (χ1n) is 5.60. The van der Waals surface area contributed by atoms with Crippen molar-refractivity contribution in [2.75, 3.05) is 22.7 Å². The maximum atomic E-state index is 11.6. The average molecular weight is 317 g/mol. The monoisotopic (exact) mass is 317 g/mol. The zero-order valence-corrected chi connectivity index (χ0v) is 12.5. The Morgan fingerprint density at radius 1 is 1.15 bits per heavy atom. The molecular formula is C12H15NO5S2. The third kappa shape index (κ3) is 6.56. The van der Waals surface area contributed by atoms with Gasteiger partial charge in [-0.15, -0.1) is 0 Å². The minimum absolute atomic E-state index is 0.0175. The van der Waals surface area contributed by atoms with Gasteiger partial charge in [-0.1, -0.05) is 11.8 Å². The molecule has 0 heterocycles. The van der Waals surface area contributed by atoms with E-state index in [0.717, 1.165) is 6.26 Å². The van der Waals surface area contributed by atoms with Crippen molar-refractivity contribution >= 4 is 25.5 Å². The summed E-state index contributed by atoms with van der Waals surface area (Å²) in [6.07, 6.45) is 1.22. The van der Waals surface area contributed by atoms with E-state index in [1.807, 2.05) is 0 Å². The van der Waals surface area contributed by atoms with E-state index in [1.54, 1.807) is 12.1 Å². The fraction of sp³-hybridized carbons (Fsp3) is 0.333. The van der Waals surface area contributed by atoms with Crippen LogP contribution in [0.3, 0.4) is 0 Å². The van der Waals surface area contributed by atoms with Crippen molar-refractivity contribution in [1.29, 1.82) is 0 Å². The van der Waals surface area contributed by atoms with Gasteiger partial charge in [-0.05, 0) is 24.3 Å². The summed E-state index contributed by atoms with van der Waals surface area (Å²) in [4.78, 5) is 0. The molecule has 0 aliphatic carbocycles. The topological polar surface area (TPSA) is 101 Å². The Labute approximate surface area is 118 Å². The van der Waals surface area contributed by atoms with E-state index < -0.39 is 24.9 Å². The Morgan fingerprint density at radius 3 is 2.25 bits per heavy atom. The number of nitrogens with one attached hydrogen (secondary N) is 1. The number of hydrogen-bond donors (Lipinski definition) is 2. The van der Waals surface area contributed by atoms with Gasteiger partial charge in [0, 0.05) is 23.9 Å². The highest BCUT2D eigenvalue weighted by Crippen LogP contribution is 2.11. The highest BCUT2D eigenvalue weighted by atomic mass is 32.3. The van der Waals surface area contributed by atoms with Crippen LogP contribution in [0.2, 0.25) is 0 Å². The van der Waals surface area contributed by atoms with Gasteiger partial charge >= 0.3 is 0 Å². The Bertz CT molecular complexity index is 709. The van der Waals surface area contributed by atoms with Crippen molar-refractivity contribution in [1.82, 2.24) is 0 Å². The third-order valence-electron chi connectivity index (χ3n) is 2.00. The van der Waals surface area contributed by atoms with Crippen LogP contribution in [0.15, 0.2) is 24.3 Å². The molecular weight excluding hydrogens is 302 g/mol. The number of aliphatic hydroxyl groups is 1. The van der Waals surface area contributed by atoms with Crippen LogP contribution in [0.4, 0.5) is 5.69 Å². The Morgan fingerprint density at radius 2 is 1.75 bits per heavy atom. The number of sulfonamides is 1. The zero-order chi connectivity index (χ0) is 15.2. The van der Waals surface area contributed by atoms with Gasteiger partial charge in [0.2, 0.25) is 10.0 Å². The molecule has 0 spiro atoms. The summed E-state index contributed by atoms with van der Waals surface area (Å²) in [5.74, 6) is 5.52. The number of aliphatic hydroxyl groups excluding tert-OH is 1. The summed E-state index contributed by atoms with van der Waals surface area (Å²) in [6.45, 7) is -0.0175. The summed E-state index contributed by atoms with van der Waals surface area (Å²) in [5, 5.41) is 7.62. The SMILES string of the molecule is CS(=O)(=O)CS(=O)(=O)Nc1ccc(C#CCCO)cc1. The standard InChI is InChI=1S/C12H15NO5S2/c1-19(15,16)10-20(17,18)13-12-7-5-11(6-8-12)4-2-3-9-14/h5-8,13-14H,3,9-10H2,1H3. The first-order valence-corrected chi connectivity index (χ1v) is 9.31. The van der Waals surface area contributed by atoms with E-state index in [-0.39, 0.29) is 12.3 Å². The Balaban J connectivity index is 2.78. The fourth-order valence-electron chi connectivity index (χ4n) is 1.33. The summed E-state index contributed by atoms with van der Waals surface area (Å²) in [5.41, 5.74) is 0.936. The van der Waals surface area contributed by atoms with Crippen LogP contribution in [0.5, 0.6) is 0 Å². The molecule has 6 nitrogen and oxygen atoms in total. The smallest absolute Gasteiger partial charge is 0.247 e. The van der Waals surface area contributed by atoms with E-state index in [2.05, 4.69) is 16.6 Å². The number of benzene rings is 1. The lowest BCUT2D eigenvalue weighted by Crippen LogP contribution is -2.22. The van der Waals surface area contributed by atoms with Crippen molar-refractivity contribution in [2.45, 2.75) is 6.42 Å². The van der Waals surface area contributed by atoms with Gasteiger partial charge < -0.3 is 5.11 Å². The molecule has 0 unspecified atom stereocenters. The lowest BCUT2D eigenvalue weighted by molar-refractivity contribution is 0.305. The molecule has 0 aromatic heterocycles. The summed E-state index contributed by atoms with van der Waals surface area (Å²) in [6, 6.07) is 6.18. The summed E-state index contributed by atoms with van der Waals surface area (Å²) < 4.78 is 47.3. The molecule has 0 amide bonds. The second-order valence-electron chi connectivity index (χ2n) is 4.11. The predicted molar refractivity (Wildman–Crippen MR) is 77.3 cm³/mol. The Kier molecular flexibility index (Phi) is 5.56. The molecule has 2 N–H and O–H groups in total. The van der Waals surface area contributed by atoms with Crippen LogP contribution in [-0.2, 0) is 19.9 Å². The lowest BCUT2D eigenvalue weighted by atomic mass is 10.2. The van der Waals surface area contributed by atoms with Gasteiger partial charge in [-0.25, -0.2) is 16.8 Å². The second kappa shape index (κ2) is 6.74. The molecule has 0 radical (unpaired) electrons. The minimum atomic E-state index is -3.93. The second-order valence-corrected chi connectivity index (χ2v) is 8.34. The van der Waals surface area contributed by atoms with Crippen molar-refractivity contribution < 1.29 is 21.9 Å². The largest absolute Gasteiger partial charge is 0.395 e. The molecule has 1 aromatic carbocycles. The Hall–Kier alpha value is -1.56. The third-order valence-corrected chi connectivity index (χ3v) is 5.50. The summed E-state index contributed by atoms with van der Waals surface area (Å²) in [7, 11) is -7.55. The predicted octanol–water partition coefficient (Wildman–Crippen LogP) is 0.164. The van der Waals surface area contributed by atoms with Crippen LogP contribution >= 0.6 is 0 Å².